The molecule has 2 aliphatic rings. The van der Waals surface area contributed by atoms with E-state index in [-0.39, 0.29) is 5.54 Å². The maximum absolute atomic E-state index is 6.30. The maximum Gasteiger partial charge on any atom is 0.0174 e. The lowest BCUT2D eigenvalue weighted by Gasteiger charge is -2.47. The zero-order valence-corrected chi connectivity index (χ0v) is 7.92. The first kappa shape index (κ1) is 8.52. The van der Waals surface area contributed by atoms with Crippen LogP contribution in [0.15, 0.2) is 0 Å². The van der Waals surface area contributed by atoms with E-state index in [4.69, 9.17) is 11.5 Å². The van der Waals surface area contributed by atoms with Crippen molar-refractivity contribution in [1.82, 2.24) is 0 Å². The summed E-state index contributed by atoms with van der Waals surface area (Å²) >= 11 is 0. The molecule has 12 heavy (non-hydrogen) atoms. The van der Waals surface area contributed by atoms with Crippen LogP contribution in [-0.4, -0.2) is 11.6 Å². The first-order valence-corrected chi connectivity index (χ1v) is 5.12. The molecule has 0 aromatic carbocycles. The Bertz CT molecular complexity index is 159. The third kappa shape index (κ3) is 1.50. The Morgan fingerprint density at radius 2 is 1.92 bits per heavy atom. The first-order chi connectivity index (χ1) is 5.57. The van der Waals surface area contributed by atoms with E-state index in [0.29, 0.717) is 6.04 Å². The van der Waals surface area contributed by atoms with E-state index >= 15 is 0 Å². The van der Waals surface area contributed by atoms with Gasteiger partial charge in [0.05, 0.1) is 0 Å². The van der Waals surface area contributed by atoms with E-state index in [1.807, 2.05) is 0 Å². The SMILES string of the molecule is CC1CC2CC(N)CC(N)(C1)C2. The van der Waals surface area contributed by atoms with Crippen molar-refractivity contribution in [3.63, 3.8) is 0 Å². The third-order valence-corrected chi connectivity index (χ3v) is 3.49. The highest BCUT2D eigenvalue weighted by Crippen LogP contribution is 2.43. The number of hydrogen-bond donors (Lipinski definition) is 2. The van der Waals surface area contributed by atoms with E-state index in [0.717, 1.165) is 18.3 Å². The van der Waals surface area contributed by atoms with Crippen molar-refractivity contribution in [3.05, 3.63) is 0 Å². The second kappa shape index (κ2) is 2.71. The van der Waals surface area contributed by atoms with Gasteiger partial charge in [0.2, 0.25) is 0 Å². The van der Waals surface area contributed by atoms with Crippen molar-refractivity contribution in [1.29, 1.82) is 0 Å². The van der Waals surface area contributed by atoms with Crippen molar-refractivity contribution in [2.45, 2.75) is 50.6 Å². The van der Waals surface area contributed by atoms with Gasteiger partial charge in [-0.3, -0.25) is 0 Å². The summed E-state index contributed by atoms with van der Waals surface area (Å²) in [5.74, 6) is 1.64. The van der Waals surface area contributed by atoms with Crippen LogP contribution < -0.4 is 11.5 Å². The van der Waals surface area contributed by atoms with Crippen LogP contribution in [0.4, 0.5) is 0 Å². The van der Waals surface area contributed by atoms with Crippen LogP contribution in [0.1, 0.15) is 39.0 Å². The van der Waals surface area contributed by atoms with Crippen molar-refractivity contribution >= 4 is 0 Å². The number of hydrogen-bond acceptors (Lipinski definition) is 2. The Morgan fingerprint density at radius 1 is 1.17 bits per heavy atom. The van der Waals surface area contributed by atoms with Crippen LogP contribution in [0.5, 0.6) is 0 Å². The van der Waals surface area contributed by atoms with Gasteiger partial charge >= 0.3 is 0 Å². The molecule has 4 atom stereocenters. The Morgan fingerprint density at radius 3 is 2.58 bits per heavy atom. The summed E-state index contributed by atoms with van der Waals surface area (Å²) in [4.78, 5) is 0. The lowest BCUT2D eigenvalue weighted by molar-refractivity contribution is 0.103. The smallest absolute Gasteiger partial charge is 0.0174 e. The van der Waals surface area contributed by atoms with Crippen molar-refractivity contribution in [2.75, 3.05) is 0 Å². The Hall–Kier alpha value is -0.0800. The summed E-state index contributed by atoms with van der Waals surface area (Å²) in [7, 11) is 0. The lowest BCUT2D eigenvalue weighted by Crippen LogP contribution is -2.54. The molecule has 0 amide bonds. The molecule has 0 radical (unpaired) electrons. The minimum atomic E-state index is 0.0972. The maximum atomic E-state index is 6.30. The van der Waals surface area contributed by atoms with E-state index in [1.165, 1.54) is 25.7 Å². The van der Waals surface area contributed by atoms with Crippen LogP contribution in [0.2, 0.25) is 0 Å². The van der Waals surface area contributed by atoms with Gasteiger partial charge < -0.3 is 11.5 Å². The van der Waals surface area contributed by atoms with Crippen LogP contribution >= 0.6 is 0 Å². The van der Waals surface area contributed by atoms with Crippen molar-refractivity contribution in [3.8, 4) is 0 Å². The number of nitrogens with two attached hydrogens (primary N) is 2. The molecule has 2 nitrogen and oxygen atoms in total. The van der Waals surface area contributed by atoms with Gasteiger partial charge in [-0.05, 0) is 43.9 Å². The van der Waals surface area contributed by atoms with Crippen LogP contribution in [0.3, 0.4) is 0 Å². The minimum Gasteiger partial charge on any atom is -0.328 e. The molecule has 0 heterocycles. The summed E-state index contributed by atoms with van der Waals surface area (Å²) in [6, 6.07) is 0.376. The van der Waals surface area contributed by atoms with Gasteiger partial charge in [-0.25, -0.2) is 0 Å². The molecule has 2 bridgehead atoms. The van der Waals surface area contributed by atoms with Gasteiger partial charge in [0, 0.05) is 11.6 Å². The molecular formula is C10H20N2. The van der Waals surface area contributed by atoms with E-state index in [9.17, 15) is 0 Å². The molecule has 2 heteroatoms. The van der Waals surface area contributed by atoms with Gasteiger partial charge in [0.25, 0.3) is 0 Å². The molecule has 0 spiro atoms. The highest BCUT2D eigenvalue weighted by atomic mass is 14.8. The average Bonchev–Trinajstić information content (AvgIpc) is 1.78. The van der Waals surface area contributed by atoms with Crippen molar-refractivity contribution in [2.24, 2.45) is 23.3 Å². The molecule has 0 saturated heterocycles. The summed E-state index contributed by atoms with van der Waals surface area (Å²) < 4.78 is 0. The molecule has 2 fully saturated rings. The Labute approximate surface area is 74.7 Å². The Kier molecular flexibility index (Phi) is 1.92. The van der Waals surface area contributed by atoms with Crippen molar-refractivity contribution < 1.29 is 0 Å². The fourth-order valence-electron chi connectivity index (χ4n) is 3.47. The largest absolute Gasteiger partial charge is 0.328 e. The molecule has 4 N–H and O–H groups in total. The average molecular weight is 168 g/mol. The molecule has 2 saturated carbocycles. The topological polar surface area (TPSA) is 52.0 Å². The molecule has 4 unspecified atom stereocenters. The van der Waals surface area contributed by atoms with Gasteiger partial charge in [0.1, 0.15) is 0 Å². The van der Waals surface area contributed by atoms with Crippen LogP contribution in [-0.2, 0) is 0 Å². The second-order valence-electron chi connectivity index (χ2n) is 5.18. The fourth-order valence-corrected chi connectivity index (χ4v) is 3.47. The Balaban J connectivity index is 2.11. The molecule has 0 aromatic heterocycles. The number of fused-ring (bicyclic) bond motifs is 2. The van der Waals surface area contributed by atoms with Gasteiger partial charge in [-0.1, -0.05) is 6.92 Å². The molecular weight excluding hydrogens is 148 g/mol. The third-order valence-electron chi connectivity index (χ3n) is 3.49. The summed E-state index contributed by atoms with van der Waals surface area (Å²) in [6.45, 7) is 2.32. The predicted molar refractivity (Wildman–Crippen MR) is 50.6 cm³/mol. The molecule has 0 aliphatic heterocycles. The van der Waals surface area contributed by atoms with Gasteiger partial charge in [-0.2, -0.15) is 0 Å². The molecule has 2 aliphatic carbocycles. The highest BCUT2D eigenvalue weighted by Gasteiger charge is 2.41. The standard InChI is InChI=1S/C10H20N2/c1-7-2-8-3-9(11)6-10(12,4-7)5-8/h7-9H,2-6,11-12H2,1H3. The summed E-state index contributed by atoms with van der Waals surface area (Å²) in [5, 5.41) is 0. The molecule has 0 aromatic rings. The summed E-state index contributed by atoms with van der Waals surface area (Å²) in [5.41, 5.74) is 12.4. The fraction of sp³-hybridized carbons (Fsp3) is 1.00. The quantitative estimate of drug-likeness (QED) is 0.572. The minimum absolute atomic E-state index is 0.0972. The summed E-state index contributed by atoms with van der Waals surface area (Å²) in [6.07, 6.45) is 6.03. The lowest BCUT2D eigenvalue weighted by atomic mass is 9.63. The van der Waals surface area contributed by atoms with Crippen LogP contribution in [0, 0.1) is 11.8 Å². The first-order valence-electron chi connectivity index (χ1n) is 5.12. The molecule has 70 valence electrons. The van der Waals surface area contributed by atoms with E-state index in [1.54, 1.807) is 0 Å². The van der Waals surface area contributed by atoms with E-state index < -0.39 is 0 Å². The normalized spacial score (nSPS) is 53.8. The molecule has 2 rings (SSSR count). The van der Waals surface area contributed by atoms with E-state index in [2.05, 4.69) is 6.92 Å². The monoisotopic (exact) mass is 168 g/mol. The van der Waals surface area contributed by atoms with Gasteiger partial charge in [0.15, 0.2) is 0 Å². The zero-order valence-electron chi connectivity index (χ0n) is 7.92. The highest BCUT2D eigenvalue weighted by molar-refractivity contribution is 5.00. The zero-order chi connectivity index (χ0) is 8.77. The second-order valence-corrected chi connectivity index (χ2v) is 5.18. The predicted octanol–water partition coefficient (Wildman–Crippen LogP) is 1.24. The number of rotatable bonds is 0. The van der Waals surface area contributed by atoms with Crippen LogP contribution in [0.25, 0.3) is 0 Å². The van der Waals surface area contributed by atoms with Gasteiger partial charge in [-0.15, -0.1) is 0 Å².